The number of carboxylic acid groups (broad SMARTS) is 1. The van der Waals surface area contributed by atoms with Gasteiger partial charge >= 0.3 is 5.97 Å². The molecule has 0 radical (unpaired) electrons. The minimum absolute atomic E-state index is 0.196. The maximum atomic E-state index is 11.0. The first-order valence-electron chi connectivity index (χ1n) is 6.69. The molecule has 0 bridgehead atoms. The van der Waals surface area contributed by atoms with E-state index in [1.165, 1.54) is 11.6 Å². The SMILES string of the molecule is C[C@H](c1cccc(-c2ccc(C(=O)O)cc2Cl)c1)N(C)C. The summed E-state index contributed by atoms with van der Waals surface area (Å²) in [6, 6.07) is 13.2. The molecule has 4 heteroatoms. The molecule has 0 aliphatic carbocycles. The number of hydrogen-bond acceptors (Lipinski definition) is 2. The third-order valence-corrected chi connectivity index (χ3v) is 3.98. The van der Waals surface area contributed by atoms with Gasteiger partial charge in [-0.15, -0.1) is 0 Å². The standard InChI is InChI=1S/C17H18ClNO2/c1-11(19(2)3)12-5-4-6-13(9-12)15-8-7-14(17(20)21)10-16(15)18/h4-11H,1-3H3,(H,20,21)/t11-/m1/s1. The second-order valence-electron chi connectivity index (χ2n) is 5.26. The van der Waals surface area contributed by atoms with E-state index in [0.717, 1.165) is 11.1 Å². The van der Waals surface area contributed by atoms with E-state index in [2.05, 4.69) is 24.0 Å². The van der Waals surface area contributed by atoms with Gasteiger partial charge in [0, 0.05) is 16.6 Å². The highest BCUT2D eigenvalue weighted by Gasteiger charge is 2.12. The molecule has 0 unspecified atom stereocenters. The lowest BCUT2D eigenvalue weighted by molar-refractivity contribution is 0.0697. The molecule has 0 saturated heterocycles. The quantitative estimate of drug-likeness (QED) is 0.914. The predicted octanol–water partition coefficient (Wildman–Crippen LogP) is 4.33. The molecule has 0 amide bonds. The summed E-state index contributed by atoms with van der Waals surface area (Å²) in [4.78, 5) is 13.1. The van der Waals surface area contributed by atoms with E-state index in [4.69, 9.17) is 16.7 Å². The van der Waals surface area contributed by atoms with E-state index in [9.17, 15) is 4.79 Å². The largest absolute Gasteiger partial charge is 0.478 e. The van der Waals surface area contributed by atoms with E-state index in [1.807, 2.05) is 26.2 Å². The molecule has 110 valence electrons. The summed E-state index contributed by atoms with van der Waals surface area (Å²) in [5.41, 5.74) is 3.22. The zero-order valence-corrected chi connectivity index (χ0v) is 13.1. The molecule has 0 aliphatic rings. The average Bonchev–Trinajstić information content (AvgIpc) is 2.46. The average molecular weight is 304 g/mol. The predicted molar refractivity (Wildman–Crippen MR) is 85.9 cm³/mol. The monoisotopic (exact) mass is 303 g/mol. The molecule has 1 atom stereocenters. The summed E-state index contributed by atoms with van der Waals surface area (Å²) in [6.07, 6.45) is 0. The van der Waals surface area contributed by atoms with Crippen LogP contribution < -0.4 is 0 Å². The number of nitrogens with zero attached hydrogens (tertiary/aromatic N) is 1. The molecule has 1 N–H and O–H groups in total. The van der Waals surface area contributed by atoms with Gasteiger partial charge in [0.1, 0.15) is 0 Å². The summed E-state index contributed by atoms with van der Waals surface area (Å²) >= 11 is 6.23. The Morgan fingerprint density at radius 1 is 1.19 bits per heavy atom. The molecule has 2 rings (SSSR count). The molecule has 0 saturated carbocycles. The first-order valence-corrected chi connectivity index (χ1v) is 7.07. The molecule has 2 aromatic rings. The van der Waals surface area contributed by atoms with Gasteiger partial charge < -0.3 is 10.0 Å². The van der Waals surface area contributed by atoms with Crippen LogP contribution in [0, 0.1) is 0 Å². The summed E-state index contributed by atoms with van der Waals surface area (Å²) < 4.78 is 0. The number of carbonyl (C=O) groups is 1. The number of hydrogen-bond donors (Lipinski definition) is 1. The molecular weight excluding hydrogens is 286 g/mol. The lowest BCUT2D eigenvalue weighted by Gasteiger charge is -2.20. The number of carboxylic acids is 1. The fourth-order valence-electron chi connectivity index (χ4n) is 2.15. The van der Waals surface area contributed by atoms with Gasteiger partial charge in [0.05, 0.1) is 5.56 Å². The van der Waals surface area contributed by atoms with Crippen LogP contribution in [-0.4, -0.2) is 30.1 Å². The maximum absolute atomic E-state index is 11.0. The van der Waals surface area contributed by atoms with E-state index in [1.54, 1.807) is 12.1 Å². The minimum atomic E-state index is -0.974. The van der Waals surface area contributed by atoms with Crippen LogP contribution >= 0.6 is 11.6 Å². The molecule has 21 heavy (non-hydrogen) atoms. The van der Waals surface area contributed by atoms with Crippen molar-refractivity contribution in [1.29, 1.82) is 0 Å². The van der Waals surface area contributed by atoms with Crippen LogP contribution in [0.3, 0.4) is 0 Å². The summed E-state index contributed by atoms with van der Waals surface area (Å²) in [5.74, 6) is -0.974. The van der Waals surface area contributed by atoms with Crippen molar-refractivity contribution in [3.05, 3.63) is 58.6 Å². The van der Waals surface area contributed by atoms with Gasteiger partial charge in [-0.05, 0) is 50.3 Å². The first kappa shape index (κ1) is 15.5. The Morgan fingerprint density at radius 3 is 2.48 bits per heavy atom. The Morgan fingerprint density at radius 2 is 1.90 bits per heavy atom. The number of aromatic carboxylic acids is 1. The Labute approximate surface area is 129 Å². The van der Waals surface area contributed by atoms with Crippen LogP contribution in [-0.2, 0) is 0 Å². The van der Waals surface area contributed by atoms with Gasteiger partial charge in [-0.3, -0.25) is 0 Å². The van der Waals surface area contributed by atoms with Crippen LogP contribution in [0.4, 0.5) is 0 Å². The van der Waals surface area contributed by atoms with Gasteiger partial charge in [-0.2, -0.15) is 0 Å². The minimum Gasteiger partial charge on any atom is -0.478 e. The topological polar surface area (TPSA) is 40.5 Å². The highest BCUT2D eigenvalue weighted by atomic mass is 35.5. The molecule has 3 nitrogen and oxygen atoms in total. The molecule has 0 aliphatic heterocycles. The fraction of sp³-hybridized carbons (Fsp3) is 0.235. The van der Waals surface area contributed by atoms with E-state index < -0.39 is 5.97 Å². The second-order valence-corrected chi connectivity index (χ2v) is 5.67. The first-order chi connectivity index (χ1) is 9.90. The van der Waals surface area contributed by atoms with Crippen LogP contribution in [0.5, 0.6) is 0 Å². The van der Waals surface area contributed by atoms with Crippen molar-refractivity contribution in [3.63, 3.8) is 0 Å². The van der Waals surface area contributed by atoms with E-state index in [-0.39, 0.29) is 5.56 Å². The summed E-state index contributed by atoms with van der Waals surface area (Å²) in [5, 5.41) is 9.43. The van der Waals surface area contributed by atoms with Crippen molar-refractivity contribution < 1.29 is 9.90 Å². The van der Waals surface area contributed by atoms with Crippen LogP contribution in [0.25, 0.3) is 11.1 Å². The second kappa shape index (κ2) is 6.29. The zero-order valence-electron chi connectivity index (χ0n) is 12.3. The highest BCUT2D eigenvalue weighted by Crippen LogP contribution is 2.31. The van der Waals surface area contributed by atoms with Gasteiger partial charge in [-0.1, -0.05) is 35.9 Å². The molecule has 0 aromatic heterocycles. The summed E-state index contributed by atoms with van der Waals surface area (Å²) in [7, 11) is 4.07. The number of benzene rings is 2. The van der Waals surface area contributed by atoms with Gasteiger partial charge in [0.2, 0.25) is 0 Å². The molecular formula is C17H18ClNO2. The normalized spacial score (nSPS) is 12.4. The lowest BCUT2D eigenvalue weighted by Crippen LogP contribution is -2.16. The number of halogens is 1. The van der Waals surface area contributed by atoms with E-state index >= 15 is 0 Å². The lowest BCUT2D eigenvalue weighted by atomic mass is 9.99. The molecule has 0 spiro atoms. The van der Waals surface area contributed by atoms with Gasteiger partial charge in [0.25, 0.3) is 0 Å². The highest BCUT2D eigenvalue weighted by molar-refractivity contribution is 6.33. The number of rotatable bonds is 4. The van der Waals surface area contributed by atoms with E-state index in [0.29, 0.717) is 11.1 Å². The third kappa shape index (κ3) is 3.43. The van der Waals surface area contributed by atoms with Crippen LogP contribution in [0.15, 0.2) is 42.5 Å². The Kier molecular flexibility index (Phi) is 4.66. The van der Waals surface area contributed by atoms with Crippen molar-refractivity contribution in [2.24, 2.45) is 0 Å². The van der Waals surface area contributed by atoms with Crippen molar-refractivity contribution in [1.82, 2.24) is 4.90 Å². The maximum Gasteiger partial charge on any atom is 0.335 e. The Bertz CT molecular complexity index is 668. The third-order valence-electron chi connectivity index (χ3n) is 3.67. The van der Waals surface area contributed by atoms with Crippen molar-refractivity contribution in [2.75, 3.05) is 14.1 Å². The van der Waals surface area contributed by atoms with Gasteiger partial charge in [0.15, 0.2) is 0 Å². The van der Waals surface area contributed by atoms with Crippen molar-refractivity contribution in [3.8, 4) is 11.1 Å². The smallest absolute Gasteiger partial charge is 0.335 e. The zero-order chi connectivity index (χ0) is 15.6. The summed E-state index contributed by atoms with van der Waals surface area (Å²) in [6.45, 7) is 2.13. The van der Waals surface area contributed by atoms with Crippen molar-refractivity contribution in [2.45, 2.75) is 13.0 Å². The fourth-order valence-corrected chi connectivity index (χ4v) is 2.44. The molecule has 0 fully saturated rings. The van der Waals surface area contributed by atoms with Crippen LogP contribution in [0.2, 0.25) is 5.02 Å². The Hall–Kier alpha value is -1.84. The van der Waals surface area contributed by atoms with Crippen molar-refractivity contribution >= 4 is 17.6 Å². The molecule has 2 aromatic carbocycles. The Balaban J connectivity index is 2.43. The van der Waals surface area contributed by atoms with Crippen LogP contribution in [0.1, 0.15) is 28.9 Å². The van der Waals surface area contributed by atoms with Gasteiger partial charge in [-0.25, -0.2) is 4.79 Å². The molecule has 0 heterocycles.